The Hall–Kier alpha value is -3.80. The van der Waals surface area contributed by atoms with E-state index in [1.54, 1.807) is 54.6 Å². The van der Waals surface area contributed by atoms with E-state index in [-0.39, 0.29) is 6.03 Å². The molecule has 0 heterocycles. The van der Waals surface area contributed by atoms with Gasteiger partial charge in [-0.1, -0.05) is 42.5 Å². The highest BCUT2D eigenvalue weighted by Crippen LogP contribution is 2.21. The number of amides is 3. The average Bonchev–Trinajstić information content (AvgIpc) is 2.66. The number of nitrogens with one attached hydrogen (secondary N) is 3. The van der Waals surface area contributed by atoms with Gasteiger partial charge in [-0.05, 0) is 48.9 Å². The molecule has 0 atom stereocenters. The topological polar surface area (TPSA) is 79.5 Å². The van der Waals surface area contributed by atoms with Crippen LogP contribution in [0.4, 0.5) is 26.7 Å². The van der Waals surface area contributed by atoms with E-state index in [9.17, 15) is 9.59 Å². The largest absolute Gasteiger partial charge is 0.417 e. The summed E-state index contributed by atoms with van der Waals surface area (Å²) in [6.07, 6.45) is -0.607. The molecule has 0 saturated heterocycles. The number of benzene rings is 3. The van der Waals surface area contributed by atoms with Crippen LogP contribution in [0.2, 0.25) is 0 Å². The Balaban J connectivity index is 1.63. The summed E-state index contributed by atoms with van der Waals surface area (Å²) in [5.41, 5.74) is 2.64. The van der Waals surface area contributed by atoms with Crippen molar-refractivity contribution in [2.24, 2.45) is 0 Å². The molecule has 6 heteroatoms. The Morgan fingerprint density at radius 1 is 0.741 bits per heavy atom. The van der Waals surface area contributed by atoms with Gasteiger partial charge < -0.3 is 15.4 Å². The number of ether oxygens (including phenoxy) is 1. The van der Waals surface area contributed by atoms with Crippen LogP contribution < -0.4 is 20.7 Å². The fourth-order valence-electron chi connectivity index (χ4n) is 2.38. The van der Waals surface area contributed by atoms with Crippen molar-refractivity contribution in [3.8, 4) is 5.75 Å². The molecule has 0 radical (unpaired) electrons. The van der Waals surface area contributed by atoms with Gasteiger partial charge in [-0.25, -0.2) is 9.59 Å². The van der Waals surface area contributed by atoms with Crippen LogP contribution in [-0.4, -0.2) is 12.1 Å². The predicted octanol–water partition coefficient (Wildman–Crippen LogP) is 5.25. The smallest absolute Gasteiger partial charge is 0.410 e. The van der Waals surface area contributed by atoms with Crippen molar-refractivity contribution in [2.45, 2.75) is 6.92 Å². The van der Waals surface area contributed by atoms with Crippen molar-refractivity contribution in [3.63, 3.8) is 0 Å². The van der Waals surface area contributed by atoms with Gasteiger partial charge in [-0.2, -0.15) is 0 Å². The summed E-state index contributed by atoms with van der Waals surface area (Å²) >= 11 is 0. The Morgan fingerprint density at radius 2 is 1.41 bits per heavy atom. The molecule has 3 aromatic rings. The Bertz CT molecular complexity index is 928. The van der Waals surface area contributed by atoms with E-state index in [1.807, 2.05) is 31.2 Å². The highest BCUT2D eigenvalue weighted by atomic mass is 16.6. The van der Waals surface area contributed by atoms with Gasteiger partial charge in [0, 0.05) is 17.1 Å². The van der Waals surface area contributed by atoms with E-state index >= 15 is 0 Å². The molecule has 0 spiro atoms. The molecule has 0 aliphatic heterocycles. The van der Waals surface area contributed by atoms with Gasteiger partial charge in [-0.3, -0.25) is 5.32 Å². The van der Waals surface area contributed by atoms with Gasteiger partial charge >= 0.3 is 12.1 Å². The fourth-order valence-corrected chi connectivity index (χ4v) is 2.38. The molecule has 0 bridgehead atoms. The molecule has 0 aromatic heterocycles. The van der Waals surface area contributed by atoms with Gasteiger partial charge in [0.2, 0.25) is 0 Å². The number of hydrogen-bond acceptors (Lipinski definition) is 3. The fraction of sp³-hybridized carbons (Fsp3) is 0.0476. The predicted molar refractivity (Wildman–Crippen MR) is 106 cm³/mol. The van der Waals surface area contributed by atoms with Crippen molar-refractivity contribution in [1.82, 2.24) is 0 Å². The second kappa shape index (κ2) is 8.53. The van der Waals surface area contributed by atoms with Gasteiger partial charge in [0.1, 0.15) is 5.75 Å². The minimum atomic E-state index is -0.607. The van der Waals surface area contributed by atoms with Crippen molar-refractivity contribution in [1.29, 1.82) is 0 Å². The zero-order chi connectivity index (χ0) is 19.1. The van der Waals surface area contributed by atoms with E-state index in [2.05, 4.69) is 16.0 Å². The zero-order valence-electron chi connectivity index (χ0n) is 14.7. The van der Waals surface area contributed by atoms with Crippen LogP contribution in [0.25, 0.3) is 0 Å². The molecule has 136 valence electrons. The van der Waals surface area contributed by atoms with Crippen LogP contribution >= 0.6 is 0 Å². The number of carbonyl (C=O) groups excluding carboxylic acids is 2. The molecule has 3 aromatic carbocycles. The van der Waals surface area contributed by atoms with Crippen LogP contribution in [0.3, 0.4) is 0 Å². The van der Waals surface area contributed by atoms with E-state index in [4.69, 9.17) is 4.74 Å². The monoisotopic (exact) mass is 361 g/mol. The highest BCUT2D eigenvalue weighted by molar-refractivity contribution is 6.00. The second-order valence-electron chi connectivity index (χ2n) is 5.80. The van der Waals surface area contributed by atoms with Gasteiger partial charge in [0.25, 0.3) is 0 Å². The number of rotatable bonds is 4. The van der Waals surface area contributed by atoms with Crippen LogP contribution in [-0.2, 0) is 0 Å². The first kappa shape index (κ1) is 18.0. The summed E-state index contributed by atoms with van der Waals surface area (Å²) in [5, 5.41) is 8.18. The molecule has 0 fully saturated rings. The summed E-state index contributed by atoms with van der Waals surface area (Å²) in [6.45, 7) is 1.87. The van der Waals surface area contributed by atoms with Gasteiger partial charge in [-0.15, -0.1) is 0 Å². The third-order valence-electron chi connectivity index (χ3n) is 3.72. The minimum absolute atomic E-state index is 0.367. The van der Waals surface area contributed by atoms with E-state index in [0.717, 1.165) is 5.56 Å². The number of aryl methyl sites for hydroxylation is 1. The van der Waals surface area contributed by atoms with Crippen LogP contribution in [0.1, 0.15) is 5.56 Å². The lowest BCUT2D eigenvalue weighted by atomic mass is 10.2. The zero-order valence-corrected chi connectivity index (χ0v) is 14.7. The Kier molecular flexibility index (Phi) is 5.69. The second-order valence-corrected chi connectivity index (χ2v) is 5.80. The molecule has 6 nitrogen and oxygen atoms in total. The summed E-state index contributed by atoms with van der Waals surface area (Å²) in [5.74, 6) is 0.447. The molecule has 3 amide bonds. The van der Waals surface area contributed by atoms with Crippen molar-refractivity contribution >= 4 is 29.2 Å². The average molecular weight is 361 g/mol. The molecular formula is C21H19N3O3. The Morgan fingerprint density at radius 3 is 2.11 bits per heavy atom. The summed E-state index contributed by atoms with van der Waals surface area (Å²) in [4.78, 5) is 24.2. The minimum Gasteiger partial charge on any atom is -0.410 e. The van der Waals surface area contributed by atoms with Crippen LogP contribution in [0, 0.1) is 6.92 Å². The molecule has 0 saturated carbocycles. The third kappa shape index (κ3) is 5.34. The molecule has 0 aliphatic rings. The molecule has 0 unspecified atom stereocenters. The number of para-hydroxylation sites is 2. The first-order chi connectivity index (χ1) is 13.1. The van der Waals surface area contributed by atoms with Crippen LogP contribution in [0.15, 0.2) is 78.9 Å². The Labute approximate surface area is 157 Å². The van der Waals surface area contributed by atoms with Crippen molar-refractivity contribution < 1.29 is 14.3 Å². The van der Waals surface area contributed by atoms with Crippen molar-refractivity contribution in [3.05, 3.63) is 84.4 Å². The lowest BCUT2D eigenvalue weighted by Gasteiger charge is -2.12. The third-order valence-corrected chi connectivity index (χ3v) is 3.72. The highest BCUT2D eigenvalue weighted by Gasteiger charge is 2.09. The van der Waals surface area contributed by atoms with Gasteiger partial charge in [0.05, 0.1) is 0 Å². The SMILES string of the molecule is Cc1ccc(NC(=O)Oc2ccccc2)cc1NC(=O)Nc1ccccc1. The summed E-state index contributed by atoms with van der Waals surface area (Å²) in [7, 11) is 0. The maximum Gasteiger partial charge on any atom is 0.417 e. The standard InChI is InChI=1S/C21H19N3O3/c1-15-12-13-17(23-21(26)27-18-10-6-3-7-11-18)14-19(15)24-20(25)22-16-8-4-2-5-9-16/h2-14H,1H3,(H,23,26)(H2,22,24,25). The van der Waals surface area contributed by atoms with E-state index < -0.39 is 6.09 Å². The van der Waals surface area contributed by atoms with E-state index in [1.165, 1.54) is 0 Å². The normalized spacial score (nSPS) is 9.96. The molecule has 0 aliphatic carbocycles. The first-order valence-electron chi connectivity index (χ1n) is 8.38. The number of anilines is 3. The van der Waals surface area contributed by atoms with Crippen molar-refractivity contribution in [2.75, 3.05) is 16.0 Å². The lowest BCUT2D eigenvalue weighted by Crippen LogP contribution is -2.20. The maximum atomic E-state index is 12.2. The molecular weight excluding hydrogens is 342 g/mol. The molecule has 3 rings (SSSR count). The maximum absolute atomic E-state index is 12.2. The summed E-state index contributed by atoms with van der Waals surface area (Å²) in [6, 6.07) is 22.8. The quantitative estimate of drug-likeness (QED) is 0.594. The lowest BCUT2D eigenvalue weighted by molar-refractivity contribution is 0.215. The van der Waals surface area contributed by atoms with Crippen LogP contribution in [0.5, 0.6) is 5.75 Å². The molecule has 3 N–H and O–H groups in total. The van der Waals surface area contributed by atoms with E-state index in [0.29, 0.717) is 22.8 Å². The number of hydrogen-bond donors (Lipinski definition) is 3. The molecule has 27 heavy (non-hydrogen) atoms. The summed E-state index contributed by atoms with van der Waals surface area (Å²) < 4.78 is 5.20. The number of carbonyl (C=O) groups is 2. The van der Waals surface area contributed by atoms with Gasteiger partial charge in [0.15, 0.2) is 0 Å². The first-order valence-corrected chi connectivity index (χ1v) is 8.38. The number of urea groups is 1.